The summed E-state index contributed by atoms with van der Waals surface area (Å²) < 4.78 is 4.31. The number of aromatic nitrogens is 6. The molecule has 0 saturated heterocycles. The molecule has 1 atom stereocenters. The summed E-state index contributed by atoms with van der Waals surface area (Å²) in [5.74, 6) is 0.921. The predicted molar refractivity (Wildman–Crippen MR) is 120 cm³/mol. The first-order chi connectivity index (χ1) is 14.8. The van der Waals surface area contributed by atoms with Crippen molar-refractivity contribution in [1.82, 2.24) is 28.7 Å². The Hall–Kier alpha value is -3.53. The van der Waals surface area contributed by atoms with E-state index in [0.717, 1.165) is 21.2 Å². The van der Waals surface area contributed by atoms with Crippen molar-refractivity contribution in [3.8, 4) is 0 Å². The molecule has 10 heteroatoms. The van der Waals surface area contributed by atoms with Gasteiger partial charge in [0.2, 0.25) is 5.95 Å². The molecular formula is C21H26N8O2. The van der Waals surface area contributed by atoms with E-state index >= 15 is 0 Å². The van der Waals surface area contributed by atoms with Crippen LogP contribution in [0.4, 0.5) is 5.95 Å². The molecule has 0 radical (unpaired) electrons. The lowest BCUT2D eigenvalue weighted by atomic mass is 10.2. The molecule has 4 rings (SSSR count). The Kier molecular flexibility index (Phi) is 5.32. The highest BCUT2D eigenvalue weighted by atomic mass is 16.2. The Balaban J connectivity index is 1.87. The smallest absolute Gasteiger partial charge is 0.332 e. The first-order valence-corrected chi connectivity index (χ1v) is 10.2. The van der Waals surface area contributed by atoms with Crippen molar-refractivity contribution in [2.75, 3.05) is 11.9 Å². The zero-order valence-corrected chi connectivity index (χ0v) is 18.1. The molecule has 4 aromatic rings. The van der Waals surface area contributed by atoms with Crippen molar-refractivity contribution in [2.24, 2.45) is 12.8 Å². The lowest BCUT2D eigenvalue weighted by Gasteiger charge is -2.11. The number of imidazole rings is 1. The standard InChI is InChI=1S/C21H26N8O2/c1-5-28-17-18(26-20(28)23-10-12(2)22)27(4)21(31)29(19(17)30)11-16-24-13(3)14-8-6-7-9-15(14)25-16/h6-9,12H,5,10-11,22H2,1-4H3,(H,23,26)/t12-/m0/s1. The van der Waals surface area contributed by atoms with Gasteiger partial charge in [-0.1, -0.05) is 18.2 Å². The second kappa shape index (κ2) is 7.95. The fraction of sp³-hybridized carbons (Fsp3) is 0.381. The summed E-state index contributed by atoms with van der Waals surface area (Å²) in [4.78, 5) is 39.9. The molecule has 31 heavy (non-hydrogen) atoms. The van der Waals surface area contributed by atoms with Crippen molar-refractivity contribution < 1.29 is 0 Å². The Labute approximate surface area is 178 Å². The maximum Gasteiger partial charge on any atom is 0.332 e. The van der Waals surface area contributed by atoms with Crippen molar-refractivity contribution in [3.63, 3.8) is 0 Å². The topological polar surface area (TPSA) is 126 Å². The first-order valence-electron chi connectivity index (χ1n) is 10.2. The average Bonchev–Trinajstić information content (AvgIpc) is 3.12. The zero-order chi connectivity index (χ0) is 22.3. The number of nitrogens with two attached hydrogens (primary N) is 1. The highest BCUT2D eigenvalue weighted by molar-refractivity contribution is 5.80. The third-order valence-corrected chi connectivity index (χ3v) is 5.27. The minimum absolute atomic E-state index is 0.0232. The fourth-order valence-electron chi connectivity index (χ4n) is 3.71. The van der Waals surface area contributed by atoms with Crippen LogP contribution >= 0.6 is 0 Å². The van der Waals surface area contributed by atoms with Gasteiger partial charge in [-0.25, -0.2) is 14.8 Å². The molecule has 0 unspecified atom stereocenters. The largest absolute Gasteiger partial charge is 0.354 e. The Morgan fingerprint density at radius 1 is 1.13 bits per heavy atom. The number of hydrogen-bond acceptors (Lipinski definition) is 7. The SMILES string of the molecule is CCn1c(NC[C@H](C)N)nc2c1c(=O)n(Cc1nc(C)c3ccccc3n1)c(=O)n2C. The zero-order valence-electron chi connectivity index (χ0n) is 18.1. The molecule has 0 aliphatic heterocycles. The Bertz CT molecular complexity index is 1400. The predicted octanol–water partition coefficient (Wildman–Crippen LogP) is 0.976. The molecule has 10 nitrogen and oxygen atoms in total. The van der Waals surface area contributed by atoms with E-state index in [1.165, 1.54) is 4.57 Å². The van der Waals surface area contributed by atoms with Gasteiger partial charge in [0.05, 0.1) is 12.1 Å². The second-order valence-corrected chi connectivity index (χ2v) is 7.69. The third-order valence-electron chi connectivity index (χ3n) is 5.27. The molecule has 3 aromatic heterocycles. The molecule has 0 bridgehead atoms. The number of nitrogens with one attached hydrogen (secondary N) is 1. The highest BCUT2D eigenvalue weighted by Crippen LogP contribution is 2.17. The molecule has 3 heterocycles. The van der Waals surface area contributed by atoms with Gasteiger partial charge >= 0.3 is 5.69 Å². The van der Waals surface area contributed by atoms with Crippen LogP contribution in [-0.2, 0) is 20.1 Å². The summed E-state index contributed by atoms with van der Waals surface area (Å²) in [5.41, 5.74) is 7.21. The van der Waals surface area contributed by atoms with Crippen LogP contribution in [0.25, 0.3) is 22.1 Å². The summed E-state index contributed by atoms with van der Waals surface area (Å²) in [6.07, 6.45) is 0. The monoisotopic (exact) mass is 422 g/mol. The van der Waals surface area contributed by atoms with Gasteiger partial charge in [0.1, 0.15) is 5.82 Å². The average molecular weight is 422 g/mol. The first kappa shape index (κ1) is 20.7. The van der Waals surface area contributed by atoms with E-state index in [-0.39, 0.29) is 12.6 Å². The van der Waals surface area contributed by atoms with E-state index in [1.54, 1.807) is 11.6 Å². The lowest BCUT2D eigenvalue weighted by molar-refractivity contribution is 0.631. The number of para-hydroxylation sites is 1. The van der Waals surface area contributed by atoms with Gasteiger partial charge in [0.25, 0.3) is 5.56 Å². The molecule has 1 aromatic carbocycles. The van der Waals surface area contributed by atoms with Gasteiger partial charge in [-0.15, -0.1) is 0 Å². The quantitative estimate of drug-likeness (QED) is 0.474. The number of rotatable bonds is 6. The fourth-order valence-corrected chi connectivity index (χ4v) is 3.71. The van der Waals surface area contributed by atoms with Crippen LogP contribution in [0.1, 0.15) is 25.4 Å². The van der Waals surface area contributed by atoms with E-state index in [0.29, 0.717) is 36.0 Å². The van der Waals surface area contributed by atoms with Crippen LogP contribution in [0.3, 0.4) is 0 Å². The van der Waals surface area contributed by atoms with Crippen molar-refractivity contribution in [1.29, 1.82) is 0 Å². The minimum atomic E-state index is -0.466. The van der Waals surface area contributed by atoms with Crippen LogP contribution in [0.5, 0.6) is 0 Å². The maximum absolute atomic E-state index is 13.4. The van der Waals surface area contributed by atoms with Crippen LogP contribution in [0.2, 0.25) is 0 Å². The van der Waals surface area contributed by atoms with E-state index in [2.05, 4.69) is 20.3 Å². The normalized spacial score (nSPS) is 12.5. The van der Waals surface area contributed by atoms with E-state index in [1.807, 2.05) is 45.0 Å². The third kappa shape index (κ3) is 3.59. The van der Waals surface area contributed by atoms with E-state index in [4.69, 9.17) is 5.73 Å². The molecule has 0 amide bonds. The van der Waals surface area contributed by atoms with Crippen LogP contribution in [0.15, 0.2) is 33.9 Å². The Morgan fingerprint density at radius 2 is 1.87 bits per heavy atom. The highest BCUT2D eigenvalue weighted by Gasteiger charge is 2.20. The number of nitrogens with zero attached hydrogens (tertiary/aromatic N) is 6. The van der Waals surface area contributed by atoms with Gasteiger partial charge in [-0.2, -0.15) is 4.98 Å². The molecule has 0 spiro atoms. The second-order valence-electron chi connectivity index (χ2n) is 7.69. The number of aryl methyl sites for hydroxylation is 3. The van der Waals surface area contributed by atoms with Gasteiger partial charge in [0.15, 0.2) is 11.2 Å². The van der Waals surface area contributed by atoms with Gasteiger partial charge in [-0.05, 0) is 26.8 Å². The maximum atomic E-state index is 13.4. The van der Waals surface area contributed by atoms with Gasteiger partial charge in [0, 0.05) is 37.3 Å². The van der Waals surface area contributed by atoms with Crippen molar-refractivity contribution in [3.05, 3.63) is 56.6 Å². The van der Waals surface area contributed by atoms with E-state index in [9.17, 15) is 9.59 Å². The van der Waals surface area contributed by atoms with Crippen molar-refractivity contribution >= 4 is 28.0 Å². The van der Waals surface area contributed by atoms with E-state index < -0.39 is 11.2 Å². The minimum Gasteiger partial charge on any atom is -0.354 e. The lowest BCUT2D eigenvalue weighted by Crippen LogP contribution is -2.40. The van der Waals surface area contributed by atoms with Crippen LogP contribution < -0.4 is 22.3 Å². The van der Waals surface area contributed by atoms with Crippen LogP contribution in [-0.4, -0.2) is 41.2 Å². The summed E-state index contributed by atoms with van der Waals surface area (Å²) >= 11 is 0. The summed E-state index contributed by atoms with van der Waals surface area (Å²) in [7, 11) is 1.61. The van der Waals surface area contributed by atoms with Crippen LogP contribution in [0, 0.1) is 6.92 Å². The number of fused-ring (bicyclic) bond motifs is 2. The number of hydrogen-bond donors (Lipinski definition) is 2. The van der Waals surface area contributed by atoms with Gasteiger partial charge in [-0.3, -0.25) is 13.9 Å². The molecular weight excluding hydrogens is 396 g/mol. The van der Waals surface area contributed by atoms with Gasteiger partial charge < -0.3 is 15.6 Å². The summed E-state index contributed by atoms with van der Waals surface area (Å²) in [6, 6.07) is 7.57. The molecule has 0 aliphatic carbocycles. The molecule has 0 aliphatic rings. The molecule has 3 N–H and O–H groups in total. The molecule has 0 fully saturated rings. The summed E-state index contributed by atoms with van der Waals surface area (Å²) in [6.45, 7) is 6.67. The molecule has 0 saturated carbocycles. The Morgan fingerprint density at radius 3 is 2.58 bits per heavy atom. The number of benzene rings is 1. The van der Waals surface area contributed by atoms with Crippen molar-refractivity contribution in [2.45, 2.75) is 39.9 Å². The summed E-state index contributed by atoms with van der Waals surface area (Å²) in [5, 5.41) is 4.10. The molecule has 162 valence electrons. The number of anilines is 1.